The van der Waals surface area contributed by atoms with E-state index in [0.29, 0.717) is 13.0 Å². The lowest BCUT2D eigenvalue weighted by Crippen LogP contribution is -2.42. The molecule has 22 heavy (non-hydrogen) atoms. The quantitative estimate of drug-likeness (QED) is 0.542. The molecule has 0 aromatic rings. The summed E-state index contributed by atoms with van der Waals surface area (Å²) in [6.07, 6.45) is -2.99. The third-order valence-corrected chi connectivity index (χ3v) is 10.7. The van der Waals surface area contributed by atoms with Gasteiger partial charge in [-0.3, -0.25) is 4.79 Å². The zero-order chi connectivity index (χ0) is 16.8. The van der Waals surface area contributed by atoms with Crippen LogP contribution in [0.4, 0.5) is 13.2 Å². The Labute approximate surface area is 132 Å². The minimum Gasteiger partial charge on any atom is -0.439 e. The molecule has 1 saturated heterocycles. The Morgan fingerprint density at radius 3 is 2.73 bits per heavy atom. The molecule has 2 unspecified atom stereocenters. The number of rotatable bonds is 6. The highest BCUT2D eigenvalue weighted by Gasteiger charge is 2.35. The maximum absolute atomic E-state index is 12.1. The van der Waals surface area contributed by atoms with E-state index in [0.717, 1.165) is 17.4 Å². The smallest absolute Gasteiger partial charge is 0.397 e. The lowest BCUT2D eigenvalue weighted by Gasteiger charge is -2.28. The summed E-state index contributed by atoms with van der Waals surface area (Å²) in [5.41, 5.74) is 0. The van der Waals surface area contributed by atoms with Crippen LogP contribution in [0.5, 0.6) is 0 Å². The van der Waals surface area contributed by atoms with Gasteiger partial charge in [0.15, 0.2) is 9.04 Å². The summed E-state index contributed by atoms with van der Waals surface area (Å²) in [6, 6.07) is 2.16. The van der Waals surface area contributed by atoms with Crippen LogP contribution in [0, 0.1) is 0 Å². The fourth-order valence-corrected chi connectivity index (χ4v) is 9.64. The molecule has 0 radical (unpaired) electrons. The predicted octanol–water partition coefficient (Wildman–Crippen LogP) is 3.04. The maximum atomic E-state index is 12.1. The van der Waals surface area contributed by atoms with E-state index in [4.69, 9.17) is 8.54 Å². The molecule has 0 bridgehead atoms. The maximum Gasteiger partial charge on any atom is 0.397 e. The van der Waals surface area contributed by atoms with Crippen LogP contribution in [-0.2, 0) is 13.3 Å². The molecule has 1 aliphatic heterocycles. The molecule has 0 spiro atoms. The van der Waals surface area contributed by atoms with E-state index in [1.807, 2.05) is 0 Å². The van der Waals surface area contributed by atoms with Crippen LogP contribution in [0.3, 0.4) is 0 Å². The van der Waals surface area contributed by atoms with Crippen LogP contribution in [0.2, 0.25) is 25.2 Å². The van der Waals surface area contributed by atoms with Crippen molar-refractivity contribution in [2.45, 2.75) is 57.0 Å². The lowest BCUT2D eigenvalue weighted by molar-refractivity contribution is -0.160. The van der Waals surface area contributed by atoms with Gasteiger partial charge in [0.05, 0.1) is 0 Å². The number of carbonyl (C=O) groups excluding carboxylic acids is 1. The number of halogens is 3. The minimum absolute atomic E-state index is 0.270. The Hall–Kier alpha value is -0.386. The molecule has 1 fully saturated rings. The average molecular weight is 358 g/mol. The van der Waals surface area contributed by atoms with Crippen molar-refractivity contribution < 1.29 is 26.5 Å². The van der Waals surface area contributed by atoms with Crippen LogP contribution in [0.25, 0.3) is 0 Å². The van der Waals surface area contributed by atoms with Gasteiger partial charge in [-0.05, 0) is 31.6 Å². The van der Waals surface area contributed by atoms with Gasteiger partial charge in [0.25, 0.3) is 0 Å². The monoisotopic (exact) mass is 357 g/mol. The van der Waals surface area contributed by atoms with Crippen molar-refractivity contribution >= 4 is 23.5 Å². The molecule has 0 aromatic heterocycles. The van der Waals surface area contributed by atoms with Crippen LogP contribution in [-0.4, -0.2) is 54.8 Å². The molecule has 4 nitrogen and oxygen atoms in total. The number of amides is 1. The van der Waals surface area contributed by atoms with Crippen molar-refractivity contribution in [2.75, 3.05) is 20.2 Å². The second kappa shape index (κ2) is 8.46. The lowest BCUT2D eigenvalue weighted by atomic mass is 10.3. The van der Waals surface area contributed by atoms with Crippen LogP contribution in [0.1, 0.15) is 25.7 Å². The van der Waals surface area contributed by atoms with E-state index >= 15 is 0 Å². The first-order valence-corrected chi connectivity index (χ1v) is 12.7. The van der Waals surface area contributed by atoms with Gasteiger partial charge in [-0.2, -0.15) is 13.2 Å². The molecule has 0 saturated carbocycles. The highest BCUT2D eigenvalue weighted by molar-refractivity contribution is 6.74. The Morgan fingerprint density at radius 1 is 1.41 bits per heavy atom. The topological polar surface area (TPSA) is 38.8 Å². The summed E-state index contributed by atoms with van der Waals surface area (Å²) >= 11 is 0. The number of hydrogen-bond donors (Lipinski definition) is 0. The normalized spacial score (nSPS) is 26.5. The number of nitrogens with zero attached hydrogens (tertiary/aromatic N) is 1. The van der Waals surface area contributed by atoms with Crippen molar-refractivity contribution in [1.82, 2.24) is 4.90 Å². The summed E-state index contributed by atoms with van der Waals surface area (Å²) in [5.74, 6) is -0.900. The largest absolute Gasteiger partial charge is 0.439 e. The molecule has 0 aliphatic carbocycles. The first-order valence-electron chi connectivity index (χ1n) is 7.74. The van der Waals surface area contributed by atoms with E-state index in [2.05, 4.69) is 13.1 Å². The second-order valence-electron chi connectivity index (χ2n) is 6.12. The highest BCUT2D eigenvalue weighted by atomic mass is 28.4. The zero-order valence-corrected chi connectivity index (χ0v) is 15.7. The number of hydrogen-bond acceptors (Lipinski definition) is 3. The van der Waals surface area contributed by atoms with Gasteiger partial charge in [-0.1, -0.05) is 12.8 Å². The third-order valence-electron chi connectivity index (χ3n) is 3.76. The first kappa shape index (κ1) is 19.7. The van der Waals surface area contributed by atoms with Crippen molar-refractivity contribution in [2.24, 2.45) is 0 Å². The molecule has 0 N–H and O–H groups in total. The molecule has 1 heterocycles. The molecule has 130 valence electrons. The second-order valence-corrected chi connectivity index (χ2v) is 12.3. The van der Waals surface area contributed by atoms with E-state index < -0.39 is 36.1 Å². The molecule has 2 atom stereocenters. The van der Waals surface area contributed by atoms with Gasteiger partial charge in [-0.15, -0.1) is 0 Å². The molecule has 0 aromatic carbocycles. The van der Waals surface area contributed by atoms with Crippen LogP contribution >= 0.6 is 0 Å². The molecular weight excluding hydrogens is 331 g/mol. The minimum atomic E-state index is -4.45. The van der Waals surface area contributed by atoms with Gasteiger partial charge < -0.3 is 13.4 Å². The van der Waals surface area contributed by atoms with E-state index in [1.165, 1.54) is 19.5 Å². The van der Waals surface area contributed by atoms with Gasteiger partial charge in [0.2, 0.25) is 5.91 Å². The van der Waals surface area contributed by atoms with Gasteiger partial charge in [-0.25, -0.2) is 0 Å². The van der Waals surface area contributed by atoms with E-state index in [9.17, 15) is 18.0 Å². The standard InChI is InChI=1S/C13H26F3NO3Si2/c1-17(12(18)11-13(14,15)16)7-6-8-19-22(3)10-5-4-9-21(2)20-22/h21H,4-11H2,1-3H3. The molecule has 1 aliphatic rings. The fourth-order valence-electron chi connectivity index (χ4n) is 2.55. The summed E-state index contributed by atoms with van der Waals surface area (Å²) in [4.78, 5) is 12.5. The van der Waals surface area contributed by atoms with Crippen molar-refractivity contribution in [3.63, 3.8) is 0 Å². The molecule has 1 rings (SSSR count). The van der Waals surface area contributed by atoms with E-state index in [1.54, 1.807) is 0 Å². The summed E-state index contributed by atoms with van der Waals surface area (Å²) < 4.78 is 48.5. The Kier molecular flexibility index (Phi) is 7.56. The zero-order valence-electron chi connectivity index (χ0n) is 13.5. The summed E-state index contributed by atoms with van der Waals surface area (Å²) in [7, 11) is -1.85. The predicted molar refractivity (Wildman–Crippen MR) is 83.4 cm³/mol. The van der Waals surface area contributed by atoms with Crippen molar-refractivity contribution in [3.8, 4) is 0 Å². The molecule has 1 amide bonds. The summed E-state index contributed by atoms with van der Waals surface area (Å²) in [5, 5.41) is 0. The van der Waals surface area contributed by atoms with Crippen LogP contribution < -0.4 is 0 Å². The SMILES string of the molecule is CN(CCCO[Si]1(C)CCCC[SiH](C)O1)C(=O)CC(F)(F)F. The Morgan fingerprint density at radius 2 is 2.09 bits per heavy atom. The van der Waals surface area contributed by atoms with E-state index in [-0.39, 0.29) is 6.54 Å². The number of alkyl halides is 3. The molecular formula is C13H26F3NO3Si2. The Balaban J connectivity index is 2.27. The fraction of sp³-hybridized carbons (Fsp3) is 0.923. The number of carbonyl (C=O) groups is 1. The van der Waals surface area contributed by atoms with Gasteiger partial charge in [0.1, 0.15) is 6.42 Å². The first-order chi connectivity index (χ1) is 10.1. The molecule has 9 heteroatoms. The van der Waals surface area contributed by atoms with Gasteiger partial charge in [0, 0.05) is 20.2 Å². The Bertz CT molecular complexity index is 371. The van der Waals surface area contributed by atoms with Gasteiger partial charge >= 0.3 is 14.7 Å². The average Bonchev–Trinajstić information content (AvgIpc) is 2.54. The highest BCUT2D eigenvalue weighted by Crippen LogP contribution is 2.25. The third kappa shape index (κ3) is 7.75. The van der Waals surface area contributed by atoms with Crippen molar-refractivity contribution in [3.05, 3.63) is 0 Å². The van der Waals surface area contributed by atoms with Crippen molar-refractivity contribution in [1.29, 1.82) is 0 Å². The van der Waals surface area contributed by atoms with Crippen LogP contribution in [0.15, 0.2) is 0 Å². The summed E-state index contributed by atoms with van der Waals surface area (Å²) in [6.45, 7) is 4.96.